The quantitative estimate of drug-likeness (QED) is 0.859. The Kier molecular flexibility index (Phi) is 5.65. The second-order valence-corrected chi connectivity index (χ2v) is 5.95. The molecule has 2 amide bonds. The number of carboxylic acid groups (broad SMARTS) is 1. The Morgan fingerprint density at radius 2 is 2.26 bits per heavy atom. The van der Waals surface area contributed by atoms with Crippen molar-refractivity contribution in [1.29, 1.82) is 0 Å². The number of carbonyl (C=O) groups excluding carboxylic acids is 1. The van der Waals surface area contributed by atoms with E-state index in [-0.39, 0.29) is 30.1 Å². The fourth-order valence-corrected chi connectivity index (χ4v) is 2.56. The minimum atomic E-state index is -0.943. The van der Waals surface area contributed by atoms with Gasteiger partial charge in [0.05, 0.1) is 11.4 Å². The number of hydrogen-bond acceptors (Lipinski definition) is 3. The second-order valence-electron chi connectivity index (χ2n) is 5.54. The SMILES string of the molecule is CN(CCC(=O)O)C(=O)NC1CCN(c2ccc(Cl)c(F)c2)C1. The monoisotopic (exact) mass is 343 g/mol. The number of aliphatic carboxylic acids is 1. The van der Waals surface area contributed by atoms with Crippen LogP contribution in [0.2, 0.25) is 5.02 Å². The number of carboxylic acids is 1. The van der Waals surface area contributed by atoms with Crippen LogP contribution in [0.4, 0.5) is 14.9 Å². The maximum absolute atomic E-state index is 13.5. The molecule has 2 rings (SSSR count). The van der Waals surface area contributed by atoms with Crippen molar-refractivity contribution in [1.82, 2.24) is 10.2 Å². The van der Waals surface area contributed by atoms with E-state index in [9.17, 15) is 14.0 Å². The Morgan fingerprint density at radius 1 is 1.52 bits per heavy atom. The lowest BCUT2D eigenvalue weighted by Crippen LogP contribution is -2.44. The molecule has 0 aliphatic carbocycles. The summed E-state index contributed by atoms with van der Waals surface area (Å²) < 4.78 is 13.5. The third-order valence-corrected chi connectivity index (χ3v) is 4.10. The number of urea groups is 1. The first-order valence-electron chi connectivity index (χ1n) is 7.30. The summed E-state index contributed by atoms with van der Waals surface area (Å²) in [6.07, 6.45) is 0.646. The largest absolute Gasteiger partial charge is 0.481 e. The molecule has 1 aromatic carbocycles. The molecular weight excluding hydrogens is 325 g/mol. The predicted molar refractivity (Wildman–Crippen MR) is 85.4 cm³/mol. The molecule has 0 aromatic heterocycles. The van der Waals surface area contributed by atoms with Gasteiger partial charge in [-0.2, -0.15) is 0 Å². The van der Waals surface area contributed by atoms with Gasteiger partial charge in [-0.05, 0) is 24.6 Å². The highest BCUT2D eigenvalue weighted by Crippen LogP contribution is 2.25. The lowest BCUT2D eigenvalue weighted by atomic mass is 10.2. The number of nitrogens with one attached hydrogen (secondary N) is 1. The normalized spacial score (nSPS) is 17.2. The summed E-state index contributed by atoms with van der Waals surface area (Å²) in [6.45, 7) is 1.42. The number of anilines is 1. The number of nitrogens with zero attached hydrogens (tertiary/aromatic N) is 2. The van der Waals surface area contributed by atoms with Crippen LogP contribution in [0.3, 0.4) is 0 Å². The average Bonchev–Trinajstić information content (AvgIpc) is 2.96. The third-order valence-electron chi connectivity index (χ3n) is 3.79. The van der Waals surface area contributed by atoms with E-state index in [0.29, 0.717) is 13.1 Å². The van der Waals surface area contributed by atoms with Crippen LogP contribution in [0.5, 0.6) is 0 Å². The van der Waals surface area contributed by atoms with Crippen molar-refractivity contribution in [2.75, 3.05) is 31.6 Å². The van der Waals surface area contributed by atoms with Gasteiger partial charge in [0, 0.05) is 38.4 Å². The van der Waals surface area contributed by atoms with Gasteiger partial charge in [0.1, 0.15) is 5.82 Å². The van der Waals surface area contributed by atoms with Crippen LogP contribution in [0.25, 0.3) is 0 Å². The van der Waals surface area contributed by atoms with E-state index < -0.39 is 11.8 Å². The Labute approximate surface area is 138 Å². The van der Waals surface area contributed by atoms with Crippen LogP contribution >= 0.6 is 11.6 Å². The molecule has 1 atom stereocenters. The van der Waals surface area contributed by atoms with E-state index >= 15 is 0 Å². The number of hydrogen-bond donors (Lipinski definition) is 2. The highest BCUT2D eigenvalue weighted by atomic mass is 35.5. The van der Waals surface area contributed by atoms with Gasteiger partial charge in [-0.15, -0.1) is 0 Å². The summed E-state index contributed by atoms with van der Waals surface area (Å²) in [5, 5.41) is 11.6. The Morgan fingerprint density at radius 3 is 2.91 bits per heavy atom. The van der Waals surface area contributed by atoms with Gasteiger partial charge in [-0.1, -0.05) is 11.6 Å². The first kappa shape index (κ1) is 17.3. The van der Waals surface area contributed by atoms with Gasteiger partial charge in [0.2, 0.25) is 0 Å². The summed E-state index contributed by atoms with van der Waals surface area (Å²) >= 11 is 5.67. The summed E-state index contributed by atoms with van der Waals surface area (Å²) in [5.74, 6) is -1.41. The van der Waals surface area contributed by atoms with Crippen molar-refractivity contribution < 1.29 is 19.1 Å². The van der Waals surface area contributed by atoms with Crippen molar-refractivity contribution in [3.8, 4) is 0 Å². The second kappa shape index (κ2) is 7.50. The molecule has 1 heterocycles. The van der Waals surface area contributed by atoms with E-state index in [1.54, 1.807) is 13.1 Å². The van der Waals surface area contributed by atoms with E-state index in [1.165, 1.54) is 17.0 Å². The molecule has 8 heteroatoms. The molecule has 2 N–H and O–H groups in total. The smallest absolute Gasteiger partial charge is 0.317 e. The molecular formula is C15H19ClFN3O3. The number of halogens is 2. The first-order valence-corrected chi connectivity index (χ1v) is 7.68. The van der Waals surface area contributed by atoms with Crippen molar-refractivity contribution in [3.05, 3.63) is 29.0 Å². The van der Waals surface area contributed by atoms with Crippen LogP contribution in [0, 0.1) is 5.82 Å². The fraction of sp³-hybridized carbons (Fsp3) is 0.467. The molecule has 1 unspecified atom stereocenters. The fourth-order valence-electron chi connectivity index (χ4n) is 2.44. The molecule has 6 nitrogen and oxygen atoms in total. The molecule has 1 aliphatic heterocycles. The molecule has 126 valence electrons. The molecule has 0 saturated carbocycles. The maximum atomic E-state index is 13.5. The van der Waals surface area contributed by atoms with Crippen LogP contribution in [0.15, 0.2) is 18.2 Å². The van der Waals surface area contributed by atoms with Gasteiger partial charge in [-0.25, -0.2) is 9.18 Å². The lowest BCUT2D eigenvalue weighted by Gasteiger charge is -2.22. The predicted octanol–water partition coefficient (Wildman–Crippen LogP) is 2.17. The van der Waals surface area contributed by atoms with Crippen molar-refractivity contribution in [2.45, 2.75) is 18.9 Å². The van der Waals surface area contributed by atoms with Crippen molar-refractivity contribution in [3.63, 3.8) is 0 Å². The molecule has 0 radical (unpaired) electrons. The van der Waals surface area contributed by atoms with Crippen molar-refractivity contribution >= 4 is 29.3 Å². The average molecular weight is 344 g/mol. The molecule has 1 saturated heterocycles. The van der Waals surface area contributed by atoms with Crippen LogP contribution in [0.1, 0.15) is 12.8 Å². The number of amides is 2. The molecule has 1 aliphatic rings. The third kappa shape index (κ3) is 4.72. The zero-order valence-electron chi connectivity index (χ0n) is 12.8. The highest BCUT2D eigenvalue weighted by molar-refractivity contribution is 6.30. The van der Waals surface area contributed by atoms with Gasteiger partial charge < -0.3 is 20.2 Å². The summed E-state index contributed by atoms with van der Waals surface area (Å²) in [5.41, 5.74) is 0.725. The molecule has 1 aromatic rings. The number of rotatable bonds is 5. The number of benzene rings is 1. The van der Waals surface area contributed by atoms with E-state index in [1.807, 2.05) is 4.90 Å². The molecule has 23 heavy (non-hydrogen) atoms. The number of carbonyl (C=O) groups is 2. The minimum absolute atomic E-state index is 0.0616. The zero-order valence-corrected chi connectivity index (χ0v) is 13.5. The highest BCUT2D eigenvalue weighted by Gasteiger charge is 2.25. The van der Waals surface area contributed by atoms with Crippen LogP contribution in [-0.4, -0.2) is 54.7 Å². The first-order chi connectivity index (χ1) is 10.9. The Hall–Kier alpha value is -2.02. The van der Waals surface area contributed by atoms with E-state index in [0.717, 1.165) is 12.1 Å². The Bertz CT molecular complexity index is 599. The molecule has 1 fully saturated rings. The van der Waals surface area contributed by atoms with E-state index in [4.69, 9.17) is 16.7 Å². The molecule has 0 bridgehead atoms. The van der Waals surface area contributed by atoms with Gasteiger partial charge in [0.25, 0.3) is 0 Å². The maximum Gasteiger partial charge on any atom is 0.317 e. The standard InChI is InChI=1S/C15H19ClFN3O3/c1-19(6-5-14(21)22)15(23)18-10-4-7-20(9-10)11-2-3-12(16)13(17)8-11/h2-3,8,10H,4-7,9H2,1H3,(H,18,23)(H,21,22). The summed E-state index contributed by atoms with van der Waals surface area (Å²) in [7, 11) is 1.56. The topological polar surface area (TPSA) is 72.9 Å². The van der Waals surface area contributed by atoms with Crippen LogP contribution < -0.4 is 10.2 Å². The van der Waals surface area contributed by atoms with Gasteiger partial charge in [-0.3, -0.25) is 4.79 Å². The zero-order chi connectivity index (χ0) is 17.0. The minimum Gasteiger partial charge on any atom is -0.481 e. The Balaban J connectivity index is 1.86. The van der Waals surface area contributed by atoms with Gasteiger partial charge in [0.15, 0.2) is 0 Å². The molecule has 0 spiro atoms. The lowest BCUT2D eigenvalue weighted by molar-refractivity contribution is -0.137. The summed E-state index contributed by atoms with van der Waals surface area (Å²) in [4.78, 5) is 25.8. The van der Waals surface area contributed by atoms with Crippen LogP contribution in [-0.2, 0) is 4.79 Å². The van der Waals surface area contributed by atoms with Crippen molar-refractivity contribution in [2.24, 2.45) is 0 Å². The van der Waals surface area contributed by atoms with E-state index in [2.05, 4.69) is 5.32 Å². The summed E-state index contributed by atoms with van der Waals surface area (Å²) in [6, 6.07) is 4.27. The van der Waals surface area contributed by atoms with Gasteiger partial charge >= 0.3 is 12.0 Å².